The number of nitriles is 2. The maximum atomic E-state index is 12.4. The van der Waals surface area contributed by atoms with Crippen molar-refractivity contribution >= 4 is 17.4 Å². The fraction of sp³-hybridized carbons (Fsp3) is 0.133. The molecular weight excluding hydrogens is 304 g/mol. The molecule has 0 atom stereocenters. The average Bonchev–Trinajstić information content (AvgIpc) is 2.52. The summed E-state index contributed by atoms with van der Waals surface area (Å²) in [5.41, 5.74) is 5.73. The first-order chi connectivity index (χ1) is 10.5. The monoisotopic (exact) mass is 314 g/mol. The highest BCUT2D eigenvalue weighted by molar-refractivity contribution is 6.30. The number of aromatic nitrogens is 1. The molecule has 7 heteroatoms. The van der Waals surface area contributed by atoms with Gasteiger partial charge in [-0.2, -0.15) is 10.5 Å². The van der Waals surface area contributed by atoms with Crippen molar-refractivity contribution in [3.8, 4) is 23.3 Å². The number of nitrogens with zero attached hydrogens (tertiary/aromatic N) is 3. The molecular formula is C15H11ClN4O2. The molecule has 2 aromatic rings. The van der Waals surface area contributed by atoms with Crippen molar-refractivity contribution in [3.63, 3.8) is 0 Å². The maximum absolute atomic E-state index is 12.4. The number of pyridine rings is 1. The van der Waals surface area contributed by atoms with Crippen LogP contribution in [0.15, 0.2) is 29.1 Å². The quantitative estimate of drug-likeness (QED) is 0.890. The summed E-state index contributed by atoms with van der Waals surface area (Å²) in [6.07, 6.45) is 0. The lowest BCUT2D eigenvalue weighted by atomic mass is 9.96. The van der Waals surface area contributed by atoms with Crippen molar-refractivity contribution in [1.29, 1.82) is 10.5 Å². The molecule has 0 aliphatic heterocycles. The van der Waals surface area contributed by atoms with Gasteiger partial charge in [-0.25, -0.2) is 0 Å². The second-order valence-corrected chi connectivity index (χ2v) is 4.86. The molecule has 0 bridgehead atoms. The largest absolute Gasteiger partial charge is 0.395 e. The van der Waals surface area contributed by atoms with Gasteiger partial charge in [0.2, 0.25) is 0 Å². The van der Waals surface area contributed by atoms with Gasteiger partial charge in [0.15, 0.2) is 0 Å². The molecule has 0 saturated carbocycles. The van der Waals surface area contributed by atoms with Crippen LogP contribution in [-0.4, -0.2) is 16.3 Å². The van der Waals surface area contributed by atoms with Crippen LogP contribution in [0.4, 0.5) is 5.82 Å². The zero-order chi connectivity index (χ0) is 16.3. The van der Waals surface area contributed by atoms with E-state index in [9.17, 15) is 15.3 Å². The topological polar surface area (TPSA) is 116 Å². The number of rotatable bonds is 3. The van der Waals surface area contributed by atoms with Crippen molar-refractivity contribution in [3.05, 3.63) is 50.8 Å². The lowest BCUT2D eigenvalue weighted by molar-refractivity contribution is 0.275. The maximum Gasteiger partial charge on any atom is 0.270 e. The van der Waals surface area contributed by atoms with E-state index < -0.39 is 5.56 Å². The van der Waals surface area contributed by atoms with Crippen molar-refractivity contribution in [2.24, 2.45) is 0 Å². The number of nitrogens with two attached hydrogens (primary N) is 1. The van der Waals surface area contributed by atoms with Crippen molar-refractivity contribution in [2.75, 3.05) is 12.3 Å². The van der Waals surface area contributed by atoms with Gasteiger partial charge < -0.3 is 10.8 Å². The number of aliphatic hydroxyl groups excluding tert-OH is 1. The van der Waals surface area contributed by atoms with E-state index in [1.165, 1.54) is 0 Å². The van der Waals surface area contributed by atoms with E-state index >= 15 is 0 Å². The van der Waals surface area contributed by atoms with Crippen molar-refractivity contribution in [1.82, 2.24) is 4.57 Å². The molecule has 0 radical (unpaired) electrons. The van der Waals surface area contributed by atoms with E-state index in [1.807, 2.05) is 12.1 Å². The molecule has 0 saturated heterocycles. The molecule has 0 aliphatic carbocycles. The molecule has 6 nitrogen and oxygen atoms in total. The first-order valence-electron chi connectivity index (χ1n) is 6.28. The van der Waals surface area contributed by atoms with Gasteiger partial charge in [0.25, 0.3) is 5.56 Å². The molecule has 3 N–H and O–H groups in total. The second kappa shape index (κ2) is 6.31. The third-order valence-corrected chi connectivity index (χ3v) is 3.44. The van der Waals surface area contributed by atoms with Gasteiger partial charge in [-0.1, -0.05) is 23.7 Å². The highest BCUT2D eigenvalue weighted by Crippen LogP contribution is 2.29. The molecule has 0 unspecified atom stereocenters. The van der Waals surface area contributed by atoms with Crippen LogP contribution < -0.4 is 11.3 Å². The Labute approximate surface area is 131 Å². The normalized spacial score (nSPS) is 10.0. The standard InChI is InChI=1S/C15H11ClN4O2/c16-10-3-1-9(2-4-10)13-11(7-17)14(19)20(5-6-21)15(22)12(13)8-18/h1-4,21H,5-6,19H2. The Hall–Kier alpha value is -2.80. The summed E-state index contributed by atoms with van der Waals surface area (Å²) in [7, 11) is 0. The Morgan fingerprint density at radius 2 is 1.77 bits per heavy atom. The first kappa shape index (κ1) is 15.6. The summed E-state index contributed by atoms with van der Waals surface area (Å²) >= 11 is 5.83. The molecule has 0 spiro atoms. The number of halogens is 1. The summed E-state index contributed by atoms with van der Waals surface area (Å²) in [6, 6.07) is 10.1. The van der Waals surface area contributed by atoms with Gasteiger partial charge in [-0.05, 0) is 17.7 Å². The van der Waals surface area contributed by atoms with Gasteiger partial charge in [0.1, 0.15) is 29.1 Å². The molecule has 0 amide bonds. The van der Waals surface area contributed by atoms with Crippen LogP contribution in [0.1, 0.15) is 11.1 Å². The zero-order valence-corrected chi connectivity index (χ0v) is 12.1. The van der Waals surface area contributed by atoms with E-state index in [0.29, 0.717) is 10.6 Å². The highest BCUT2D eigenvalue weighted by atomic mass is 35.5. The predicted octanol–water partition coefficient (Wildman–Crippen LogP) is 1.49. The van der Waals surface area contributed by atoms with E-state index in [2.05, 4.69) is 0 Å². The van der Waals surface area contributed by atoms with Crippen molar-refractivity contribution < 1.29 is 5.11 Å². The van der Waals surface area contributed by atoms with Gasteiger partial charge >= 0.3 is 0 Å². The summed E-state index contributed by atoms with van der Waals surface area (Å²) in [5.74, 6) is -0.0782. The number of nitrogen functional groups attached to an aromatic ring is 1. The average molecular weight is 315 g/mol. The Kier molecular flexibility index (Phi) is 4.47. The van der Waals surface area contributed by atoms with Crippen molar-refractivity contribution in [2.45, 2.75) is 6.54 Å². The molecule has 1 heterocycles. The minimum Gasteiger partial charge on any atom is -0.395 e. The number of aliphatic hydroxyl groups is 1. The number of anilines is 1. The van der Waals surface area contributed by atoms with E-state index in [0.717, 1.165) is 4.57 Å². The molecule has 1 aromatic heterocycles. The minimum atomic E-state index is -0.641. The van der Waals surface area contributed by atoms with Crippen LogP contribution in [0.3, 0.4) is 0 Å². The van der Waals surface area contributed by atoms with Gasteiger partial charge in [-0.15, -0.1) is 0 Å². The van der Waals surface area contributed by atoms with Crippen LogP contribution >= 0.6 is 11.6 Å². The molecule has 2 rings (SSSR count). The van der Waals surface area contributed by atoms with Gasteiger partial charge in [0, 0.05) is 10.6 Å². The number of hydrogen-bond acceptors (Lipinski definition) is 5. The van der Waals surface area contributed by atoms with Crippen LogP contribution in [0.2, 0.25) is 5.02 Å². The minimum absolute atomic E-state index is 0.0203. The Morgan fingerprint density at radius 1 is 1.18 bits per heavy atom. The summed E-state index contributed by atoms with van der Waals surface area (Å²) < 4.78 is 1.02. The zero-order valence-electron chi connectivity index (χ0n) is 11.4. The van der Waals surface area contributed by atoms with E-state index in [1.54, 1.807) is 24.3 Å². The Morgan fingerprint density at radius 3 is 2.27 bits per heavy atom. The second-order valence-electron chi connectivity index (χ2n) is 4.42. The smallest absolute Gasteiger partial charge is 0.270 e. The van der Waals surface area contributed by atoms with Crippen LogP contribution in [0.25, 0.3) is 11.1 Å². The Balaban J connectivity index is 2.90. The third kappa shape index (κ3) is 2.53. The SMILES string of the molecule is N#Cc1c(-c2ccc(Cl)cc2)c(C#N)c(=O)n(CCO)c1N. The predicted molar refractivity (Wildman–Crippen MR) is 82.1 cm³/mol. The highest BCUT2D eigenvalue weighted by Gasteiger charge is 2.21. The Bertz CT molecular complexity index is 858. The third-order valence-electron chi connectivity index (χ3n) is 3.19. The summed E-state index contributed by atoms with van der Waals surface area (Å²) in [5, 5.41) is 28.2. The van der Waals surface area contributed by atoms with E-state index in [-0.39, 0.29) is 35.7 Å². The van der Waals surface area contributed by atoms with Gasteiger partial charge in [0.05, 0.1) is 13.2 Å². The number of hydrogen-bond donors (Lipinski definition) is 2. The fourth-order valence-electron chi connectivity index (χ4n) is 2.18. The summed E-state index contributed by atoms with van der Waals surface area (Å²) in [4.78, 5) is 12.4. The van der Waals surface area contributed by atoms with Crippen LogP contribution in [0, 0.1) is 22.7 Å². The number of benzene rings is 1. The molecule has 1 aromatic carbocycles. The lowest BCUT2D eigenvalue weighted by Crippen LogP contribution is -2.28. The first-order valence-corrected chi connectivity index (χ1v) is 6.66. The lowest BCUT2D eigenvalue weighted by Gasteiger charge is -2.15. The molecule has 110 valence electrons. The van der Waals surface area contributed by atoms with Gasteiger partial charge in [-0.3, -0.25) is 9.36 Å². The molecule has 0 fully saturated rings. The van der Waals surface area contributed by atoms with E-state index in [4.69, 9.17) is 22.4 Å². The fourth-order valence-corrected chi connectivity index (χ4v) is 2.31. The van der Waals surface area contributed by atoms with Crippen LogP contribution in [-0.2, 0) is 6.54 Å². The molecule has 22 heavy (non-hydrogen) atoms. The summed E-state index contributed by atoms with van der Waals surface area (Å²) in [6.45, 7) is -0.422. The van der Waals surface area contributed by atoms with Crippen LogP contribution in [0.5, 0.6) is 0 Å². The molecule has 0 aliphatic rings.